The second-order valence-corrected chi connectivity index (χ2v) is 8.12. The van der Waals surface area contributed by atoms with Gasteiger partial charge in [0.2, 0.25) is 0 Å². The van der Waals surface area contributed by atoms with Crippen LogP contribution in [0.25, 0.3) is 0 Å². The van der Waals surface area contributed by atoms with Crippen LogP contribution in [0.3, 0.4) is 0 Å². The quantitative estimate of drug-likeness (QED) is 0.475. The molecule has 0 aromatic heterocycles. The van der Waals surface area contributed by atoms with Crippen LogP contribution in [0.5, 0.6) is 0 Å². The molecule has 2 rings (SSSR count). The van der Waals surface area contributed by atoms with Crippen molar-refractivity contribution in [1.82, 2.24) is 0 Å². The second kappa shape index (κ2) is 10.7. The van der Waals surface area contributed by atoms with Gasteiger partial charge >= 0.3 is 0 Å². The van der Waals surface area contributed by atoms with E-state index in [4.69, 9.17) is 0 Å². The number of unbranched alkanes of at least 4 members (excludes halogenated alkanes) is 1. The van der Waals surface area contributed by atoms with Crippen molar-refractivity contribution >= 4 is 18.9 Å². The van der Waals surface area contributed by atoms with Gasteiger partial charge in [-0.05, 0) is 62.7 Å². The number of carbonyl (C=O) groups is 1. The van der Waals surface area contributed by atoms with Gasteiger partial charge in [-0.2, -0.15) is 12.6 Å². The van der Waals surface area contributed by atoms with Crippen molar-refractivity contribution in [3.8, 4) is 0 Å². The fourth-order valence-electron chi connectivity index (χ4n) is 4.15. The van der Waals surface area contributed by atoms with E-state index in [1.165, 1.54) is 44.9 Å². The predicted octanol–water partition coefficient (Wildman–Crippen LogP) is 5.92. The minimum absolute atomic E-state index is 0.338. The van der Waals surface area contributed by atoms with E-state index >= 15 is 0 Å². The first kappa shape index (κ1) is 19.1. The van der Waals surface area contributed by atoms with Gasteiger partial charge in [-0.25, -0.2) is 0 Å². The highest BCUT2D eigenvalue weighted by Crippen LogP contribution is 2.45. The molecule has 2 aliphatic rings. The zero-order valence-corrected chi connectivity index (χ0v) is 15.3. The molecule has 0 spiro atoms. The third kappa shape index (κ3) is 7.21. The minimum Gasteiger partial charge on any atom is -0.303 e. The van der Waals surface area contributed by atoms with Crippen molar-refractivity contribution in [2.24, 2.45) is 23.7 Å². The minimum atomic E-state index is 0.338. The van der Waals surface area contributed by atoms with E-state index in [9.17, 15) is 4.79 Å². The molecule has 21 heavy (non-hydrogen) atoms. The largest absolute Gasteiger partial charge is 0.303 e. The van der Waals surface area contributed by atoms with Gasteiger partial charge in [-0.15, -0.1) is 0 Å². The molecule has 0 heterocycles. The molecule has 2 aliphatic carbocycles. The molecule has 0 N–H and O–H groups in total. The summed E-state index contributed by atoms with van der Waals surface area (Å²) in [5.74, 6) is 3.46. The van der Waals surface area contributed by atoms with Crippen molar-refractivity contribution in [2.45, 2.75) is 90.2 Å². The van der Waals surface area contributed by atoms with Gasteiger partial charge < -0.3 is 4.79 Å². The lowest BCUT2D eigenvalue weighted by Gasteiger charge is -2.28. The predicted molar refractivity (Wildman–Crippen MR) is 96.0 cm³/mol. The van der Waals surface area contributed by atoms with Crippen LogP contribution in [0.15, 0.2) is 0 Å². The Morgan fingerprint density at radius 3 is 2.38 bits per heavy atom. The zero-order chi connectivity index (χ0) is 15.7. The lowest BCUT2D eigenvalue weighted by molar-refractivity contribution is -0.111. The Morgan fingerprint density at radius 1 is 1.05 bits per heavy atom. The van der Waals surface area contributed by atoms with E-state index < -0.39 is 0 Å². The third-order valence-electron chi connectivity index (χ3n) is 5.30. The van der Waals surface area contributed by atoms with Gasteiger partial charge in [0.25, 0.3) is 0 Å². The van der Waals surface area contributed by atoms with Crippen molar-refractivity contribution < 1.29 is 4.79 Å². The van der Waals surface area contributed by atoms with Crippen molar-refractivity contribution in [3.05, 3.63) is 0 Å². The summed E-state index contributed by atoms with van der Waals surface area (Å²) in [5.41, 5.74) is 0. The number of carbonyl (C=O) groups excluding carboxylic acids is 1. The first-order chi connectivity index (χ1) is 10.1. The van der Waals surface area contributed by atoms with Crippen LogP contribution in [0.4, 0.5) is 0 Å². The Hall–Kier alpha value is 0.0200. The van der Waals surface area contributed by atoms with Crippen LogP contribution in [0.2, 0.25) is 0 Å². The molecule has 2 heteroatoms. The van der Waals surface area contributed by atoms with Crippen LogP contribution in [0, 0.1) is 23.7 Å². The maximum atomic E-state index is 10.4. The molecule has 0 radical (unpaired) electrons. The van der Waals surface area contributed by atoms with Gasteiger partial charge in [0, 0.05) is 11.2 Å². The Balaban J connectivity index is 0.000000212. The highest BCUT2D eigenvalue weighted by atomic mass is 32.1. The fraction of sp³-hybridized carbons (Fsp3) is 0.947. The number of fused-ring (bicyclic) bond motifs is 1. The number of hydrogen-bond donors (Lipinski definition) is 1. The maximum absolute atomic E-state index is 10.4. The number of hydrogen-bond acceptors (Lipinski definition) is 2. The maximum Gasteiger partial charge on any atom is 0.123 e. The summed E-state index contributed by atoms with van der Waals surface area (Å²) in [6.07, 6.45) is 14.0. The molecule has 0 amide bonds. The van der Waals surface area contributed by atoms with E-state index in [0.717, 1.165) is 48.6 Å². The highest BCUT2D eigenvalue weighted by Gasteiger charge is 2.35. The second-order valence-electron chi connectivity index (χ2n) is 7.39. The van der Waals surface area contributed by atoms with Gasteiger partial charge in [0.15, 0.2) is 0 Å². The molecule has 0 bridgehead atoms. The molecule has 5 atom stereocenters. The lowest BCUT2D eigenvalue weighted by atomic mass is 9.81. The number of thiol groups is 1. The molecule has 1 nitrogen and oxygen atoms in total. The van der Waals surface area contributed by atoms with Crippen molar-refractivity contribution in [2.75, 3.05) is 0 Å². The first-order valence-electron chi connectivity index (χ1n) is 9.23. The summed E-state index contributed by atoms with van der Waals surface area (Å²) in [7, 11) is 0. The summed E-state index contributed by atoms with van der Waals surface area (Å²) < 4.78 is 0. The Morgan fingerprint density at radius 2 is 1.76 bits per heavy atom. The smallest absolute Gasteiger partial charge is 0.123 e. The molecule has 0 saturated heterocycles. The molecule has 5 unspecified atom stereocenters. The normalized spacial score (nSPS) is 32.8. The number of rotatable bonds is 6. The summed E-state index contributed by atoms with van der Waals surface area (Å²) in [6.45, 7) is 6.70. The molecular weight excluding hydrogens is 276 g/mol. The third-order valence-corrected chi connectivity index (χ3v) is 5.77. The Bertz CT molecular complexity index is 279. The van der Waals surface area contributed by atoms with Crippen LogP contribution < -0.4 is 0 Å². The van der Waals surface area contributed by atoms with Gasteiger partial charge in [-0.1, -0.05) is 40.0 Å². The van der Waals surface area contributed by atoms with Gasteiger partial charge in [0.05, 0.1) is 0 Å². The first-order valence-corrected chi connectivity index (χ1v) is 9.75. The van der Waals surface area contributed by atoms with E-state index in [2.05, 4.69) is 33.4 Å². The SMILES string of the molecule is CC1CC2CCC(S)CC2C1.CCCCC(C=O)CCC. The summed E-state index contributed by atoms with van der Waals surface area (Å²) in [6, 6.07) is 0. The lowest BCUT2D eigenvalue weighted by Crippen LogP contribution is -2.20. The average Bonchev–Trinajstić information content (AvgIpc) is 2.83. The fourth-order valence-corrected chi connectivity index (χ4v) is 4.57. The average molecular weight is 313 g/mol. The summed E-state index contributed by atoms with van der Waals surface area (Å²) in [4.78, 5) is 10.4. The van der Waals surface area contributed by atoms with Crippen LogP contribution >= 0.6 is 12.6 Å². The van der Waals surface area contributed by atoms with Crippen molar-refractivity contribution in [3.63, 3.8) is 0 Å². The molecule has 2 fully saturated rings. The zero-order valence-electron chi connectivity index (χ0n) is 14.4. The molecule has 124 valence electrons. The van der Waals surface area contributed by atoms with Crippen molar-refractivity contribution in [1.29, 1.82) is 0 Å². The van der Waals surface area contributed by atoms with Gasteiger partial charge in [0.1, 0.15) is 6.29 Å². The number of aldehydes is 1. The molecule has 0 aromatic carbocycles. The van der Waals surface area contributed by atoms with Crippen LogP contribution in [-0.4, -0.2) is 11.5 Å². The monoisotopic (exact) mass is 312 g/mol. The Kier molecular flexibility index (Phi) is 9.71. The Labute approximate surface area is 138 Å². The molecule has 0 aromatic rings. The molecule has 2 saturated carbocycles. The highest BCUT2D eigenvalue weighted by molar-refractivity contribution is 7.80. The van der Waals surface area contributed by atoms with Gasteiger partial charge in [-0.3, -0.25) is 0 Å². The standard InChI is InChI=1S/C10H18S.C9H18O/c1-7-4-8-2-3-10(11)6-9(8)5-7;1-3-5-7-9(8-10)6-4-2/h7-11H,2-6H2,1H3;8-9H,3-7H2,1-2H3. The summed E-state index contributed by atoms with van der Waals surface area (Å²) in [5, 5.41) is 0.724. The molecule has 0 aliphatic heterocycles. The van der Waals surface area contributed by atoms with E-state index in [1.807, 2.05) is 0 Å². The van der Waals surface area contributed by atoms with Crippen LogP contribution in [-0.2, 0) is 4.79 Å². The molecular formula is C19H36OS. The topological polar surface area (TPSA) is 17.1 Å². The van der Waals surface area contributed by atoms with E-state index in [1.54, 1.807) is 0 Å². The summed E-state index contributed by atoms with van der Waals surface area (Å²) >= 11 is 4.57. The van der Waals surface area contributed by atoms with E-state index in [-0.39, 0.29) is 0 Å². The van der Waals surface area contributed by atoms with Crippen LogP contribution in [0.1, 0.15) is 85.0 Å². The van der Waals surface area contributed by atoms with E-state index in [0.29, 0.717) is 5.92 Å².